The highest BCUT2D eigenvalue weighted by atomic mass is 35.5. The van der Waals surface area contributed by atoms with Gasteiger partial charge in [-0.15, -0.1) is 0 Å². The first-order valence-electron chi connectivity index (χ1n) is 7.02. The molecule has 124 valence electrons. The van der Waals surface area contributed by atoms with Crippen LogP contribution in [0.15, 0.2) is 24.3 Å². The Morgan fingerprint density at radius 2 is 1.95 bits per heavy atom. The Hall–Kier alpha value is -1.27. The maximum atomic E-state index is 12.5. The molecular weight excluding hydrogens is 324 g/mol. The van der Waals surface area contributed by atoms with E-state index in [9.17, 15) is 13.2 Å². The van der Waals surface area contributed by atoms with Crippen molar-refractivity contribution in [1.82, 2.24) is 5.32 Å². The number of carbonyl (C=O) groups is 1. The van der Waals surface area contributed by atoms with Crippen LogP contribution in [0.3, 0.4) is 0 Å². The van der Waals surface area contributed by atoms with Crippen LogP contribution < -0.4 is 9.62 Å². The fraction of sp³-hybridized carbons (Fsp3) is 0.533. The normalized spacial score (nSPS) is 13.5. The van der Waals surface area contributed by atoms with Gasteiger partial charge in [0.05, 0.1) is 11.9 Å². The van der Waals surface area contributed by atoms with E-state index >= 15 is 0 Å². The molecule has 5 nitrogen and oxygen atoms in total. The Morgan fingerprint density at radius 3 is 2.36 bits per heavy atom. The zero-order chi connectivity index (χ0) is 17.1. The van der Waals surface area contributed by atoms with Crippen molar-refractivity contribution in [1.29, 1.82) is 0 Å². The first kappa shape index (κ1) is 18.8. The Kier molecular flexibility index (Phi) is 5.87. The van der Waals surface area contributed by atoms with E-state index in [0.29, 0.717) is 17.1 Å². The monoisotopic (exact) mass is 346 g/mol. The van der Waals surface area contributed by atoms with Gasteiger partial charge < -0.3 is 5.32 Å². The summed E-state index contributed by atoms with van der Waals surface area (Å²) in [6.45, 7) is 7.32. The molecule has 22 heavy (non-hydrogen) atoms. The van der Waals surface area contributed by atoms with Crippen LogP contribution in [0.5, 0.6) is 0 Å². The van der Waals surface area contributed by atoms with E-state index in [-0.39, 0.29) is 5.91 Å². The van der Waals surface area contributed by atoms with Crippen molar-refractivity contribution in [2.45, 2.75) is 45.7 Å². The number of hydrogen-bond acceptors (Lipinski definition) is 3. The number of hydrogen-bond donors (Lipinski definition) is 1. The third kappa shape index (κ3) is 5.18. The van der Waals surface area contributed by atoms with Crippen molar-refractivity contribution in [3.63, 3.8) is 0 Å². The summed E-state index contributed by atoms with van der Waals surface area (Å²) in [4.78, 5) is 12.5. The largest absolute Gasteiger partial charge is 0.350 e. The second kappa shape index (κ2) is 6.87. The zero-order valence-corrected chi connectivity index (χ0v) is 15.1. The van der Waals surface area contributed by atoms with Gasteiger partial charge in [-0.05, 0) is 45.4 Å². The van der Waals surface area contributed by atoms with Crippen LogP contribution in [-0.4, -0.2) is 32.2 Å². The lowest BCUT2D eigenvalue weighted by atomic mass is 10.1. The Bertz CT molecular complexity index is 638. The number of amides is 1. The number of benzene rings is 1. The van der Waals surface area contributed by atoms with E-state index in [4.69, 9.17) is 11.6 Å². The standard InChI is InChI=1S/C15H23ClN2O3S/c1-6-13(14(19)17-15(2,3)4)18(22(5,20)21)12-9-7-8-11(16)10-12/h7-10,13H,6H2,1-5H3,(H,17,19). The van der Waals surface area contributed by atoms with Crippen molar-refractivity contribution in [2.24, 2.45) is 0 Å². The fourth-order valence-corrected chi connectivity index (χ4v) is 3.51. The average Bonchev–Trinajstić information content (AvgIpc) is 2.31. The van der Waals surface area contributed by atoms with E-state index in [0.717, 1.165) is 10.6 Å². The summed E-state index contributed by atoms with van der Waals surface area (Å²) in [7, 11) is -3.63. The lowest BCUT2D eigenvalue weighted by Crippen LogP contribution is -2.53. The third-order valence-corrected chi connectivity index (χ3v) is 4.31. The third-order valence-electron chi connectivity index (χ3n) is 2.89. The van der Waals surface area contributed by atoms with Gasteiger partial charge in [0.1, 0.15) is 6.04 Å². The lowest BCUT2D eigenvalue weighted by molar-refractivity contribution is -0.123. The molecule has 0 saturated carbocycles. The van der Waals surface area contributed by atoms with E-state index in [1.54, 1.807) is 25.1 Å². The fourth-order valence-electron chi connectivity index (χ4n) is 2.13. The van der Waals surface area contributed by atoms with Gasteiger partial charge in [-0.25, -0.2) is 8.42 Å². The minimum atomic E-state index is -3.63. The van der Waals surface area contributed by atoms with Crippen LogP contribution in [0.1, 0.15) is 34.1 Å². The molecule has 1 aromatic carbocycles. The number of nitrogens with one attached hydrogen (secondary N) is 1. The number of rotatable bonds is 5. The van der Waals surface area contributed by atoms with Gasteiger partial charge in [0.15, 0.2) is 0 Å². The van der Waals surface area contributed by atoms with Crippen LogP contribution in [0, 0.1) is 0 Å². The van der Waals surface area contributed by atoms with Crippen LogP contribution in [0.25, 0.3) is 0 Å². The van der Waals surface area contributed by atoms with Gasteiger partial charge in [-0.1, -0.05) is 24.6 Å². The van der Waals surface area contributed by atoms with Gasteiger partial charge in [0.25, 0.3) is 0 Å². The highest BCUT2D eigenvalue weighted by Gasteiger charge is 2.33. The Morgan fingerprint density at radius 1 is 1.36 bits per heavy atom. The average molecular weight is 347 g/mol. The molecule has 0 aliphatic carbocycles. The Labute approximate surface area is 137 Å². The summed E-state index contributed by atoms with van der Waals surface area (Å²) in [5, 5.41) is 3.24. The van der Waals surface area contributed by atoms with Crippen LogP contribution in [0.2, 0.25) is 5.02 Å². The minimum Gasteiger partial charge on any atom is -0.350 e. The summed E-state index contributed by atoms with van der Waals surface area (Å²) in [5.41, 5.74) is -0.0620. The number of carbonyl (C=O) groups excluding carboxylic acids is 1. The van der Waals surface area contributed by atoms with Crippen LogP contribution in [-0.2, 0) is 14.8 Å². The molecule has 0 aliphatic heterocycles. The molecule has 1 N–H and O–H groups in total. The Balaban J connectivity index is 3.29. The molecule has 1 unspecified atom stereocenters. The molecule has 1 amide bonds. The molecule has 1 rings (SSSR count). The highest BCUT2D eigenvalue weighted by Crippen LogP contribution is 2.25. The summed E-state index contributed by atoms with van der Waals surface area (Å²) < 4.78 is 25.6. The molecule has 0 saturated heterocycles. The van der Waals surface area contributed by atoms with Gasteiger partial charge in [0.2, 0.25) is 15.9 Å². The minimum absolute atomic E-state index is 0.333. The second-order valence-electron chi connectivity index (χ2n) is 6.20. The van der Waals surface area contributed by atoms with E-state index in [1.807, 2.05) is 20.8 Å². The molecule has 0 fully saturated rings. The summed E-state index contributed by atoms with van der Waals surface area (Å²) in [5.74, 6) is -0.333. The lowest BCUT2D eigenvalue weighted by Gasteiger charge is -2.32. The van der Waals surface area contributed by atoms with Crippen molar-refractivity contribution >= 4 is 33.2 Å². The van der Waals surface area contributed by atoms with Crippen molar-refractivity contribution < 1.29 is 13.2 Å². The maximum Gasteiger partial charge on any atom is 0.244 e. The molecule has 0 bridgehead atoms. The molecule has 1 atom stereocenters. The van der Waals surface area contributed by atoms with E-state index in [2.05, 4.69) is 5.32 Å². The van der Waals surface area contributed by atoms with Gasteiger partial charge >= 0.3 is 0 Å². The van der Waals surface area contributed by atoms with Crippen molar-refractivity contribution in [3.05, 3.63) is 29.3 Å². The molecule has 0 spiro atoms. The van der Waals surface area contributed by atoms with Crippen LogP contribution in [0.4, 0.5) is 5.69 Å². The summed E-state index contributed by atoms with van der Waals surface area (Å²) in [6.07, 6.45) is 1.43. The smallest absolute Gasteiger partial charge is 0.244 e. The predicted octanol–water partition coefficient (Wildman–Crippen LogP) is 2.80. The molecule has 7 heteroatoms. The molecule has 0 radical (unpaired) electrons. The summed E-state index contributed by atoms with van der Waals surface area (Å²) >= 11 is 5.95. The molecule has 0 aliphatic rings. The summed E-state index contributed by atoms with van der Waals surface area (Å²) in [6, 6.07) is 5.65. The topological polar surface area (TPSA) is 66.5 Å². The molecule has 1 aromatic rings. The van der Waals surface area contributed by atoms with Crippen LogP contribution >= 0.6 is 11.6 Å². The second-order valence-corrected chi connectivity index (χ2v) is 8.50. The first-order chi connectivity index (χ1) is 9.95. The van der Waals surface area contributed by atoms with Gasteiger partial charge in [-0.2, -0.15) is 0 Å². The number of anilines is 1. The predicted molar refractivity (Wildman–Crippen MR) is 90.7 cm³/mol. The molecule has 0 aromatic heterocycles. The highest BCUT2D eigenvalue weighted by molar-refractivity contribution is 7.92. The van der Waals surface area contributed by atoms with Gasteiger partial charge in [0, 0.05) is 10.6 Å². The number of nitrogens with zero attached hydrogens (tertiary/aromatic N) is 1. The van der Waals surface area contributed by atoms with Crippen molar-refractivity contribution in [2.75, 3.05) is 10.6 Å². The molecule has 0 heterocycles. The first-order valence-corrected chi connectivity index (χ1v) is 9.25. The molecular formula is C15H23ClN2O3S. The zero-order valence-electron chi connectivity index (χ0n) is 13.6. The SMILES string of the molecule is CCC(C(=O)NC(C)(C)C)N(c1cccc(Cl)c1)S(C)(=O)=O. The number of halogens is 1. The van der Waals surface area contributed by atoms with Gasteiger partial charge in [-0.3, -0.25) is 9.10 Å². The van der Waals surface area contributed by atoms with E-state index in [1.165, 1.54) is 6.07 Å². The number of sulfonamides is 1. The quantitative estimate of drug-likeness (QED) is 0.891. The maximum absolute atomic E-state index is 12.5. The van der Waals surface area contributed by atoms with E-state index < -0.39 is 21.6 Å². The van der Waals surface area contributed by atoms with Crippen molar-refractivity contribution in [3.8, 4) is 0 Å².